The number of benzene rings is 1. The summed E-state index contributed by atoms with van der Waals surface area (Å²) in [5, 5.41) is 0.739. The summed E-state index contributed by atoms with van der Waals surface area (Å²) in [4.78, 5) is 0. The monoisotopic (exact) mass is 375 g/mol. The van der Waals surface area contributed by atoms with Crippen molar-refractivity contribution in [2.75, 3.05) is 18.1 Å². The van der Waals surface area contributed by atoms with E-state index < -0.39 is 0 Å². The van der Waals surface area contributed by atoms with Crippen LogP contribution in [0.25, 0.3) is 0 Å². The number of thioether (sulfide) groups is 1. The highest BCUT2D eigenvalue weighted by Gasteiger charge is 2.42. The Balaban J connectivity index is 1.77. The molecule has 2 aliphatic rings. The average Bonchev–Trinajstić information content (AvgIpc) is 2.85. The molecule has 0 bridgehead atoms. The van der Waals surface area contributed by atoms with Crippen molar-refractivity contribution in [1.82, 2.24) is 0 Å². The van der Waals surface area contributed by atoms with Crippen LogP contribution in [-0.2, 0) is 4.74 Å². The topological polar surface area (TPSA) is 35.2 Å². The predicted octanol–water partition coefficient (Wildman–Crippen LogP) is 4.40. The molecule has 2 heterocycles. The summed E-state index contributed by atoms with van der Waals surface area (Å²) in [5.41, 5.74) is 7.72. The molecule has 3 unspecified atom stereocenters. The Bertz CT molecular complexity index is 473. The van der Waals surface area contributed by atoms with Gasteiger partial charge in [0.2, 0.25) is 0 Å². The lowest BCUT2D eigenvalue weighted by atomic mass is 9.79. The minimum absolute atomic E-state index is 0.0383. The fraction of sp³-hybridized carbons (Fsp3) is 0.600. The highest BCUT2D eigenvalue weighted by Crippen LogP contribution is 2.43. The Morgan fingerprint density at radius 1 is 1.45 bits per heavy atom. The maximum absolute atomic E-state index is 6.52. The Kier molecular flexibility index (Phi) is 4.68. The van der Waals surface area contributed by atoms with Crippen LogP contribution in [0.4, 0.5) is 0 Å². The molecule has 3 rings (SSSR count). The third kappa shape index (κ3) is 3.20. The lowest BCUT2D eigenvalue weighted by molar-refractivity contribution is -0.0834. The van der Waals surface area contributed by atoms with Gasteiger partial charge in [-0.05, 0) is 54.7 Å². The van der Waals surface area contributed by atoms with Crippen LogP contribution >= 0.6 is 39.3 Å². The standard InChI is InChI=1S/C15H19BrClNOS/c16-12-5-11(6-13(17)7-12)14(18)10-1-3-19-15(8-10)2-4-20-9-15/h5-7,10,14H,1-4,8-9,18H2. The summed E-state index contributed by atoms with van der Waals surface area (Å²) in [6.45, 7) is 0.834. The number of rotatable bonds is 2. The van der Waals surface area contributed by atoms with Crippen LogP contribution in [0.15, 0.2) is 22.7 Å². The maximum Gasteiger partial charge on any atom is 0.0783 e. The number of halogens is 2. The van der Waals surface area contributed by atoms with Crippen LogP contribution in [0.3, 0.4) is 0 Å². The maximum atomic E-state index is 6.52. The molecule has 5 heteroatoms. The van der Waals surface area contributed by atoms with Crippen molar-refractivity contribution in [3.63, 3.8) is 0 Å². The Hall–Kier alpha value is 0.260. The molecule has 0 radical (unpaired) electrons. The zero-order valence-electron chi connectivity index (χ0n) is 11.3. The Labute approximate surface area is 137 Å². The van der Waals surface area contributed by atoms with E-state index in [0.29, 0.717) is 5.92 Å². The molecule has 2 nitrogen and oxygen atoms in total. The number of nitrogens with two attached hydrogens (primary N) is 1. The van der Waals surface area contributed by atoms with Gasteiger partial charge in [-0.25, -0.2) is 0 Å². The minimum atomic E-state index is 0.0383. The van der Waals surface area contributed by atoms with Crippen LogP contribution in [-0.4, -0.2) is 23.7 Å². The predicted molar refractivity (Wildman–Crippen MR) is 89.4 cm³/mol. The number of hydrogen-bond acceptors (Lipinski definition) is 3. The Morgan fingerprint density at radius 2 is 2.30 bits per heavy atom. The van der Waals surface area contributed by atoms with E-state index in [1.165, 1.54) is 12.2 Å². The molecule has 0 aliphatic carbocycles. The fourth-order valence-corrected chi connectivity index (χ4v) is 5.54. The van der Waals surface area contributed by atoms with E-state index in [4.69, 9.17) is 22.1 Å². The normalized spacial score (nSPS) is 31.6. The summed E-state index contributed by atoms with van der Waals surface area (Å²) < 4.78 is 7.07. The average molecular weight is 377 g/mol. The van der Waals surface area contributed by atoms with Gasteiger partial charge in [-0.3, -0.25) is 0 Å². The summed E-state index contributed by atoms with van der Waals surface area (Å²) in [7, 11) is 0. The van der Waals surface area contributed by atoms with Crippen molar-refractivity contribution in [3.8, 4) is 0 Å². The van der Waals surface area contributed by atoms with Crippen LogP contribution in [0.5, 0.6) is 0 Å². The summed E-state index contributed by atoms with van der Waals surface area (Å²) in [5.74, 6) is 2.81. The summed E-state index contributed by atoms with van der Waals surface area (Å²) in [6, 6.07) is 6.01. The highest BCUT2D eigenvalue weighted by atomic mass is 79.9. The first-order chi connectivity index (χ1) is 9.58. The summed E-state index contributed by atoms with van der Waals surface area (Å²) in [6.07, 6.45) is 3.28. The van der Waals surface area contributed by atoms with E-state index in [1.54, 1.807) is 0 Å². The number of ether oxygens (including phenoxy) is 1. The fourth-order valence-electron chi connectivity index (χ4n) is 3.28. The van der Waals surface area contributed by atoms with Gasteiger partial charge in [0.25, 0.3) is 0 Å². The second-order valence-electron chi connectivity index (χ2n) is 5.82. The molecule has 2 fully saturated rings. The second-order valence-corrected chi connectivity index (χ2v) is 8.27. The quantitative estimate of drug-likeness (QED) is 0.830. The smallest absolute Gasteiger partial charge is 0.0783 e. The lowest BCUT2D eigenvalue weighted by Crippen LogP contribution is -2.42. The third-order valence-corrected chi connectivity index (χ3v) is 6.27. The molecular weight excluding hydrogens is 358 g/mol. The Morgan fingerprint density at radius 3 is 3.00 bits per heavy atom. The van der Waals surface area contributed by atoms with Gasteiger partial charge >= 0.3 is 0 Å². The van der Waals surface area contributed by atoms with Gasteiger partial charge in [-0.15, -0.1) is 0 Å². The first-order valence-electron chi connectivity index (χ1n) is 7.01. The van der Waals surface area contributed by atoms with Crippen LogP contribution in [0.2, 0.25) is 5.02 Å². The van der Waals surface area contributed by atoms with Crippen molar-refractivity contribution < 1.29 is 4.74 Å². The van der Waals surface area contributed by atoms with E-state index >= 15 is 0 Å². The van der Waals surface area contributed by atoms with E-state index in [9.17, 15) is 0 Å². The molecule has 3 atom stereocenters. The van der Waals surface area contributed by atoms with Crippen molar-refractivity contribution >= 4 is 39.3 Å². The first kappa shape index (κ1) is 15.2. The van der Waals surface area contributed by atoms with E-state index in [1.807, 2.05) is 23.9 Å². The largest absolute Gasteiger partial charge is 0.374 e. The molecular formula is C15H19BrClNOS. The van der Waals surface area contributed by atoms with Crippen LogP contribution < -0.4 is 5.73 Å². The molecule has 1 spiro atoms. The minimum Gasteiger partial charge on any atom is -0.374 e. The molecule has 2 N–H and O–H groups in total. The van der Waals surface area contributed by atoms with Crippen molar-refractivity contribution in [2.24, 2.45) is 11.7 Å². The highest BCUT2D eigenvalue weighted by molar-refractivity contribution is 9.10. The SMILES string of the molecule is NC(c1cc(Cl)cc(Br)c1)C1CCOC2(CCSC2)C1. The van der Waals surface area contributed by atoms with Crippen LogP contribution in [0, 0.1) is 5.92 Å². The molecule has 2 saturated heterocycles. The molecule has 0 aromatic heterocycles. The zero-order valence-corrected chi connectivity index (χ0v) is 14.4. The van der Waals surface area contributed by atoms with E-state index in [0.717, 1.165) is 40.3 Å². The van der Waals surface area contributed by atoms with Crippen molar-refractivity contribution in [3.05, 3.63) is 33.3 Å². The summed E-state index contributed by atoms with van der Waals surface area (Å²) >= 11 is 11.6. The van der Waals surface area contributed by atoms with Crippen molar-refractivity contribution in [1.29, 1.82) is 0 Å². The molecule has 110 valence electrons. The molecule has 1 aromatic rings. The van der Waals surface area contributed by atoms with Gasteiger partial charge < -0.3 is 10.5 Å². The first-order valence-corrected chi connectivity index (χ1v) is 9.34. The van der Waals surface area contributed by atoms with E-state index in [2.05, 4.69) is 22.0 Å². The third-order valence-electron chi connectivity index (χ3n) is 4.38. The van der Waals surface area contributed by atoms with Gasteiger partial charge in [0.05, 0.1) is 5.60 Å². The van der Waals surface area contributed by atoms with Gasteiger partial charge in [0.15, 0.2) is 0 Å². The van der Waals surface area contributed by atoms with Gasteiger partial charge in [-0.1, -0.05) is 27.5 Å². The van der Waals surface area contributed by atoms with Crippen molar-refractivity contribution in [2.45, 2.75) is 30.9 Å². The molecule has 0 amide bonds. The molecule has 2 aliphatic heterocycles. The number of hydrogen-bond donors (Lipinski definition) is 1. The molecule has 1 aromatic carbocycles. The van der Waals surface area contributed by atoms with E-state index in [-0.39, 0.29) is 11.6 Å². The molecule has 0 saturated carbocycles. The van der Waals surface area contributed by atoms with Gasteiger partial charge in [-0.2, -0.15) is 11.8 Å². The zero-order chi connectivity index (χ0) is 14.2. The molecule has 20 heavy (non-hydrogen) atoms. The van der Waals surface area contributed by atoms with Gasteiger partial charge in [0, 0.05) is 27.9 Å². The second kappa shape index (κ2) is 6.17. The lowest BCUT2D eigenvalue weighted by Gasteiger charge is -2.40. The van der Waals surface area contributed by atoms with Gasteiger partial charge in [0.1, 0.15) is 0 Å². The van der Waals surface area contributed by atoms with Crippen LogP contribution in [0.1, 0.15) is 30.9 Å².